The molecule has 0 aromatic carbocycles. The highest BCUT2D eigenvalue weighted by Gasteiger charge is 2.35. The van der Waals surface area contributed by atoms with Gasteiger partial charge in [-0.25, -0.2) is 24.7 Å². The fourth-order valence-electron chi connectivity index (χ4n) is 6.63. The summed E-state index contributed by atoms with van der Waals surface area (Å²) in [6, 6.07) is 4.38. The summed E-state index contributed by atoms with van der Waals surface area (Å²) in [7, 11) is 0. The van der Waals surface area contributed by atoms with Crippen LogP contribution in [0.2, 0.25) is 0 Å². The molecule has 50 heavy (non-hydrogen) atoms. The molecule has 0 spiro atoms. The number of fused-ring (bicyclic) bond motifs is 1. The van der Waals surface area contributed by atoms with Crippen molar-refractivity contribution in [3.8, 4) is 17.3 Å². The highest BCUT2D eigenvalue weighted by Crippen LogP contribution is 2.36. The highest BCUT2D eigenvalue weighted by molar-refractivity contribution is 5.90. The first-order chi connectivity index (χ1) is 24.2. The number of ether oxygens (including phenoxy) is 1. The first-order valence-corrected chi connectivity index (χ1v) is 17.9. The summed E-state index contributed by atoms with van der Waals surface area (Å²) in [4.78, 5) is 30.6. The second-order valence-corrected chi connectivity index (χ2v) is 14.8. The van der Waals surface area contributed by atoms with Gasteiger partial charge >= 0.3 is 5.97 Å². The molecule has 1 N–H and O–H groups in total. The van der Waals surface area contributed by atoms with E-state index in [2.05, 4.69) is 51.9 Å². The first kappa shape index (κ1) is 36.6. The summed E-state index contributed by atoms with van der Waals surface area (Å²) >= 11 is 0. The predicted octanol–water partition coefficient (Wildman–Crippen LogP) is 8.03. The minimum absolute atomic E-state index is 0.118. The zero-order valence-corrected chi connectivity index (χ0v) is 29.8. The van der Waals surface area contributed by atoms with Crippen molar-refractivity contribution in [3.63, 3.8) is 0 Å². The van der Waals surface area contributed by atoms with Crippen molar-refractivity contribution < 1.29 is 14.6 Å². The molecule has 5 rings (SSSR count). The van der Waals surface area contributed by atoms with Crippen molar-refractivity contribution in [1.82, 2.24) is 34.3 Å². The number of rotatable bonds is 19. The molecule has 0 aliphatic carbocycles. The zero-order valence-electron chi connectivity index (χ0n) is 29.8. The van der Waals surface area contributed by atoms with E-state index >= 15 is 0 Å². The summed E-state index contributed by atoms with van der Waals surface area (Å²) in [5, 5.41) is 24.5. The van der Waals surface area contributed by atoms with E-state index in [1.165, 1.54) is 70.2 Å². The number of hydrogen-bond acceptors (Lipinski definition) is 9. The van der Waals surface area contributed by atoms with E-state index in [1.54, 1.807) is 12.5 Å². The van der Waals surface area contributed by atoms with Gasteiger partial charge in [-0.05, 0) is 30.7 Å². The number of carboxylic acid groups (broad SMARTS) is 1. The van der Waals surface area contributed by atoms with Gasteiger partial charge in [0.25, 0.3) is 0 Å². The van der Waals surface area contributed by atoms with Gasteiger partial charge in [0.2, 0.25) is 0 Å². The van der Waals surface area contributed by atoms with Crippen molar-refractivity contribution in [2.75, 3.05) is 18.1 Å². The molecule has 1 aliphatic heterocycles. The zero-order chi connectivity index (χ0) is 35.4. The van der Waals surface area contributed by atoms with E-state index in [0.29, 0.717) is 43.9 Å². The molecule has 1 unspecified atom stereocenters. The Hall–Kier alpha value is -4.63. The molecule has 12 heteroatoms. The molecular weight excluding hydrogens is 630 g/mol. The number of hydrogen-bond donors (Lipinski definition) is 1. The Morgan fingerprint density at radius 1 is 1.00 bits per heavy atom. The molecule has 1 aliphatic rings. The van der Waals surface area contributed by atoms with Gasteiger partial charge in [0, 0.05) is 61.1 Å². The van der Waals surface area contributed by atoms with Crippen LogP contribution >= 0.6 is 0 Å². The van der Waals surface area contributed by atoms with Crippen LogP contribution < -0.4 is 4.90 Å². The predicted molar refractivity (Wildman–Crippen MR) is 193 cm³/mol. The lowest BCUT2D eigenvalue weighted by molar-refractivity contribution is 0.0690. The standard InChI is InChI=1S/C38H51N9O3/c1-37(2,3)15-11-9-7-5-4-6-8-10-12-21-50-29-46-20-14-31-34(42-28-43-35(31)46)30-22-44-47(25-30)27-38(17-18-39)16-13-19-45(26-38)33-24-40-32(23-41-33)36(48)49/h13-14,19-20,22-25,28H,4-12,15-17,21,26-27,29H2,1-3H3,(H,48,49). The summed E-state index contributed by atoms with van der Waals surface area (Å²) in [6.45, 7) is 9.16. The first-order valence-electron chi connectivity index (χ1n) is 17.9. The van der Waals surface area contributed by atoms with E-state index < -0.39 is 11.4 Å². The number of nitriles is 1. The number of aromatic nitrogens is 7. The third-order valence-corrected chi connectivity index (χ3v) is 9.35. The van der Waals surface area contributed by atoms with Crippen LogP contribution in [-0.2, 0) is 18.0 Å². The molecule has 0 saturated heterocycles. The van der Waals surface area contributed by atoms with E-state index in [0.717, 1.165) is 35.3 Å². The maximum Gasteiger partial charge on any atom is 0.356 e. The van der Waals surface area contributed by atoms with Crippen LogP contribution in [0.1, 0.15) is 108 Å². The van der Waals surface area contributed by atoms with Gasteiger partial charge in [0.15, 0.2) is 11.5 Å². The van der Waals surface area contributed by atoms with Crippen LogP contribution in [-0.4, -0.2) is 58.5 Å². The van der Waals surface area contributed by atoms with Crippen LogP contribution in [0, 0.1) is 22.2 Å². The van der Waals surface area contributed by atoms with Crippen LogP contribution in [0.4, 0.5) is 5.82 Å². The molecule has 266 valence electrons. The Morgan fingerprint density at radius 3 is 2.46 bits per heavy atom. The molecular formula is C38H51N9O3. The number of carbonyl (C=O) groups is 1. The van der Waals surface area contributed by atoms with Crippen molar-refractivity contribution in [2.24, 2.45) is 10.8 Å². The number of aromatic carboxylic acids is 1. The summed E-state index contributed by atoms with van der Waals surface area (Å²) in [6.07, 6.45) is 27.9. The quantitative estimate of drug-likeness (QED) is 0.0964. The Balaban J connectivity index is 1.10. The van der Waals surface area contributed by atoms with Crippen LogP contribution in [0.25, 0.3) is 22.3 Å². The van der Waals surface area contributed by atoms with Gasteiger partial charge < -0.3 is 19.3 Å². The number of allylic oxidation sites excluding steroid dienone is 1. The number of anilines is 1. The summed E-state index contributed by atoms with van der Waals surface area (Å²) in [5.41, 5.74) is 2.38. The van der Waals surface area contributed by atoms with Crippen LogP contribution in [0.3, 0.4) is 0 Å². The van der Waals surface area contributed by atoms with Crippen LogP contribution in [0.5, 0.6) is 0 Å². The van der Waals surface area contributed by atoms with E-state index in [-0.39, 0.29) is 5.69 Å². The minimum Gasteiger partial charge on any atom is -0.476 e. The SMILES string of the molecule is CC(C)(C)CCCCCCCCCCCOCn1ccc2c(-c3cnn(CC4(CC#N)CC=CN(c5cnc(C(=O)O)cn5)C4)c3)ncnc21. The Kier molecular flexibility index (Phi) is 12.7. The third-order valence-electron chi connectivity index (χ3n) is 9.35. The Morgan fingerprint density at radius 2 is 1.76 bits per heavy atom. The van der Waals surface area contributed by atoms with Crippen molar-refractivity contribution in [2.45, 2.75) is 111 Å². The Bertz CT molecular complexity index is 1750. The smallest absolute Gasteiger partial charge is 0.356 e. The average molecular weight is 682 g/mol. The number of nitrogens with zero attached hydrogens (tertiary/aromatic N) is 9. The lowest BCUT2D eigenvalue weighted by atomic mass is 9.79. The molecule has 1 atom stereocenters. The number of carboxylic acids is 1. The van der Waals surface area contributed by atoms with Gasteiger partial charge in [-0.15, -0.1) is 0 Å². The fraction of sp³-hybridized carbons (Fsp3) is 0.553. The second-order valence-electron chi connectivity index (χ2n) is 14.8. The minimum atomic E-state index is -1.13. The average Bonchev–Trinajstić information content (AvgIpc) is 3.73. The monoisotopic (exact) mass is 681 g/mol. The largest absolute Gasteiger partial charge is 0.476 e. The normalized spacial score (nSPS) is 16.2. The van der Waals surface area contributed by atoms with Crippen molar-refractivity contribution in [3.05, 3.63) is 61.3 Å². The molecule has 0 bridgehead atoms. The van der Waals surface area contributed by atoms with E-state index in [9.17, 15) is 15.2 Å². The van der Waals surface area contributed by atoms with Gasteiger partial charge in [-0.2, -0.15) is 10.4 Å². The van der Waals surface area contributed by atoms with Gasteiger partial charge in [0.05, 0.1) is 30.4 Å². The third kappa shape index (κ3) is 10.2. The molecule has 5 heterocycles. The summed E-state index contributed by atoms with van der Waals surface area (Å²) in [5.74, 6) is -0.605. The molecule has 0 radical (unpaired) electrons. The molecule has 12 nitrogen and oxygen atoms in total. The fourth-order valence-corrected chi connectivity index (χ4v) is 6.63. The molecule has 4 aromatic rings. The lowest BCUT2D eigenvalue weighted by Gasteiger charge is -2.38. The van der Waals surface area contributed by atoms with E-state index in [4.69, 9.17) is 4.74 Å². The van der Waals surface area contributed by atoms with Crippen molar-refractivity contribution >= 4 is 22.8 Å². The molecule has 0 saturated carbocycles. The maximum atomic E-state index is 11.2. The maximum absolute atomic E-state index is 11.2. The van der Waals surface area contributed by atoms with Gasteiger partial charge in [-0.1, -0.05) is 78.2 Å². The van der Waals surface area contributed by atoms with Gasteiger partial charge in [-0.3, -0.25) is 4.68 Å². The highest BCUT2D eigenvalue weighted by atomic mass is 16.5. The van der Waals surface area contributed by atoms with Crippen molar-refractivity contribution in [1.29, 1.82) is 5.26 Å². The topological polar surface area (TPSA) is 148 Å². The molecule has 0 amide bonds. The van der Waals surface area contributed by atoms with Crippen LogP contribution in [0.15, 0.2) is 55.7 Å². The Labute approximate surface area is 295 Å². The van der Waals surface area contributed by atoms with Gasteiger partial charge in [0.1, 0.15) is 18.7 Å². The summed E-state index contributed by atoms with van der Waals surface area (Å²) < 4.78 is 9.91. The molecule has 4 aromatic heterocycles. The molecule has 0 fully saturated rings. The number of unbranched alkanes of at least 4 members (excludes halogenated alkanes) is 8. The second kappa shape index (κ2) is 17.3. The lowest BCUT2D eigenvalue weighted by Crippen LogP contribution is -2.41. The van der Waals surface area contributed by atoms with E-state index in [1.807, 2.05) is 44.9 Å².